The quantitative estimate of drug-likeness (QED) is 0.572. The van der Waals surface area contributed by atoms with Crippen molar-refractivity contribution in [2.75, 3.05) is 0 Å². The summed E-state index contributed by atoms with van der Waals surface area (Å²) in [5.41, 5.74) is 0. The van der Waals surface area contributed by atoms with Gasteiger partial charge in [0.05, 0.1) is 6.10 Å². The fourth-order valence-electron chi connectivity index (χ4n) is 0.875. The molecule has 1 saturated heterocycles. The first-order valence-electron chi connectivity index (χ1n) is 3.54. The number of hydrogen-bond acceptors (Lipinski definition) is 3. The van der Waals surface area contributed by atoms with E-state index in [1.54, 1.807) is 6.92 Å². The van der Waals surface area contributed by atoms with E-state index in [0.717, 1.165) is 0 Å². The molecule has 58 valence electrons. The van der Waals surface area contributed by atoms with Crippen molar-refractivity contribution in [1.82, 2.24) is 0 Å². The third-order valence-electron chi connectivity index (χ3n) is 1.71. The van der Waals surface area contributed by atoms with Gasteiger partial charge in [0.25, 0.3) is 0 Å². The van der Waals surface area contributed by atoms with E-state index in [4.69, 9.17) is 9.84 Å². The van der Waals surface area contributed by atoms with E-state index < -0.39 is 6.10 Å². The second kappa shape index (κ2) is 2.68. The van der Waals surface area contributed by atoms with Crippen LogP contribution in [0.25, 0.3) is 0 Å². The van der Waals surface area contributed by atoms with Crippen LogP contribution in [-0.2, 0) is 9.53 Å². The zero-order chi connectivity index (χ0) is 7.72. The Labute approximate surface area is 60.0 Å². The molecule has 0 aromatic carbocycles. The number of Topliss-reactive ketones (excluding diaryl/α,β-unsaturated/α-hetero) is 1. The summed E-state index contributed by atoms with van der Waals surface area (Å²) in [5, 5.41) is 9.03. The predicted molar refractivity (Wildman–Crippen MR) is 35.6 cm³/mol. The van der Waals surface area contributed by atoms with Crippen LogP contribution in [0.4, 0.5) is 0 Å². The molecule has 0 aliphatic carbocycles. The number of hydrogen-bond donors (Lipinski definition) is 1. The molecule has 1 N–H and O–H groups in total. The zero-order valence-corrected chi connectivity index (χ0v) is 6.20. The molecule has 1 fully saturated rings. The standard InChI is InChI=1S/C7H12O3/c1-3-5(8)6(9)7-4(2)10-7/h4-5,7-8H,3H2,1-2H3. The molecule has 1 aliphatic rings. The van der Waals surface area contributed by atoms with Gasteiger partial charge in [0.1, 0.15) is 12.2 Å². The van der Waals surface area contributed by atoms with Crippen LogP contribution in [0.1, 0.15) is 20.3 Å². The molecule has 3 nitrogen and oxygen atoms in total. The highest BCUT2D eigenvalue weighted by Crippen LogP contribution is 2.23. The number of ketones is 1. The number of aliphatic hydroxyl groups excluding tert-OH is 1. The Hall–Kier alpha value is -0.410. The molecule has 0 bridgehead atoms. The predicted octanol–water partition coefficient (Wildman–Crippen LogP) is 0.114. The van der Waals surface area contributed by atoms with Crippen molar-refractivity contribution in [3.05, 3.63) is 0 Å². The fourth-order valence-corrected chi connectivity index (χ4v) is 0.875. The van der Waals surface area contributed by atoms with E-state index in [2.05, 4.69) is 0 Å². The molecule has 1 aliphatic heterocycles. The Morgan fingerprint density at radius 3 is 2.60 bits per heavy atom. The van der Waals surface area contributed by atoms with Crippen LogP contribution in [0.5, 0.6) is 0 Å². The highest BCUT2D eigenvalue weighted by molar-refractivity contribution is 5.89. The summed E-state index contributed by atoms with van der Waals surface area (Å²) in [6, 6.07) is 0. The highest BCUT2D eigenvalue weighted by atomic mass is 16.6. The number of rotatable bonds is 3. The van der Waals surface area contributed by atoms with E-state index in [-0.39, 0.29) is 18.0 Å². The molecule has 1 heterocycles. The SMILES string of the molecule is CCC(O)C(=O)C1OC1C. The summed E-state index contributed by atoms with van der Waals surface area (Å²) in [6.45, 7) is 3.60. The van der Waals surface area contributed by atoms with Crippen LogP contribution in [0, 0.1) is 0 Å². The minimum atomic E-state index is -0.824. The van der Waals surface area contributed by atoms with Crippen molar-refractivity contribution in [1.29, 1.82) is 0 Å². The smallest absolute Gasteiger partial charge is 0.192 e. The average Bonchev–Trinajstić information content (AvgIpc) is 2.63. The summed E-state index contributed by atoms with van der Waals surface area (Å²) < 4.78 is 4.89. The first-order chi connectivity index (χ1) is 4.66. The molecular weight excluding hydrogens is 132 g/mol. The number of carbonyl (C=O) groups excluding carboxylic acids is 1. The van der Waals surface area contributed by atoms with E-state index in [1.807, 2.05) is 6.92 Å². The van der Waals surface area contributed by atoms with Crippen molar-refractivity contribution in [2.45, 2.75) is 38.6 Å². The van der Waals surface area contributed by atoms with Gasteiger partial charge in [0.2, 0.25) is 0 Å². The molecule has 0 radical (unpaired) electrons. The third kappa shape index (κ3) is 1.36. The van der Waals surface area contributed by atoms with Gasteiger partial charge in [-0.05, 0) is 13.3 Å². The lowest BCUT2D eigenvalue weighted by atomic mass is 10.1. The van der Waals surface area contributed by atoms with E-state index in [9.17, 15) is 4.79 Å². The lowest BCUT2D eigenvalue weighted by molar-refractivity contribution is -0.128. The molecule has 3 atom stereocenters. The van der Waals surface area contributed by atoms with Crippen LogP contribution in [-0.4, -0.2) is 29.2 Å². The van der Waals surface area contributed by atoms with Crippen LogP contribution in [0.3, 0.4) is 0 Å². The second-order valence-electron chi connectivity index (χ2n) is 2.59. The third-order valence-corrected chi connectivity index (χ3v) is 1.71. The number of aliphatic hydroxyl groups is 1. The molecule has 0 spiro atoms. The first kappa shape index (κ1) is 7.69. The van der Waals surface area contributed by atoms with Crippen LogP contribution >= 0.6 is 0 Å². The van der Waals surface area contributed by atoms with Gasteiger partial charge < -0.3 is 9.84 Å². The van der Waals surface area contributed by atoms with Gasteiger partial charge >= 0.3 is 0 Å². The maximum Gasteiger partial charge on any atom is 0.192 e. The van der Waals surface area contributed by atoms with Crippen LogP contribution < -0.4 is 0 Å². The zero-order valence-electron chi connectivity index (χ0n) is 6.20. The Bertz CT molecular complexity index is 138. The largest absolute Gasteiger partial charge is 0.385 e. The van der Waals surface area contributed by atoms with Gasteiger partial charge in [0.15, 0.2) is 5.78 Å². The molecule has 1 rings (SSSR count). The van der Waals surface area contributed by atoms with Crippen molar-refractivity contribution in [3.63, 3.8) is 0 Å². The molecule has 3 heteroatoms. The van der Waals surface area contributed by atoms with Gasteiger partial charge in [-0.3, -0.25) is 4.79 Å². The number of carbonyl (C=O) groups is 1. The lowest BCUT2D eigenvalue weighted by Gasteiger charge is -2.01. The second-order valence-corrected chi connectivity index (χ2v) is 2.59. The normalized spacial score (nSPS) is 33.5. The van der Waals surface area contributed by atoms with Gasteiger partial charge in [0, 0.05) is 0 Å². The van der Waals surface area contributed by atoms with Crippen molar-refractivity contribution in [3.8, 4) is 0 Å². The van der Waals surface area contributed by atoms with Gasteiger partial charge in [-0.2, -0.15) is 0 Å². The number of epoxide rings is 1. The summed E-state index contributed by atoms with van der Waals surface area (Å²) in [7, 11) is 0. The summed E-state index contributed by atoms with van der Waals surface area (Å²) >= 11 is 0. The van der Waals surface area contributed by atoms with Gasteiger partial charge in [-0.1, -0.05) is 6.92 Å². The minimum absolute atomic E-state index is 0.0219. The summed E-state index contributed by atoms with van der Waals surface area (Å²) in [6.07, 6.45) is -0.649. The van der Waals surface area contributed by atoms with E-state index >= 15 is 0 Å². The lowest BCUT2D eigenvalue weighted by Crippen LogP contribution is -2.25. The van der Waals surface area contributed by atoms with Crippen LogP contribution in [0.15, 0.2) is 0 Å². The number of ether oxygens (including phenoxy) is 1. The summed E-state index contributed by atoms with van der Waals surface area (Å²) in [5.74, 6) is -0.171. The average molecular weight is 144 g/mol. The van der Waals surface area contributed by atoms with Crippen LogP contribution in [0.2, 0.25) is 0 Å². The molecule has 3 unspecified atom stereocenters. The fraction of sp³-hybridized carbons (Fsp3) is 0.857. The molecule has 10 heavy (non-hydrogen) atoms. The van der Waals surface area contributed by atoms with Gasteiger partial charge in [-0.15, -0.1) is 0 Å². The Morgan fingerprint density at radius 1 is 1.80 bits per heavy atom. The first-order valence-corrected chi connectivity index (χ1v) is 3.54. The monoisotopic (exact) mass is 144 g/mol. The molecule has 0 aromatic rings. The topological polar surface area (TPSA) is 49.8 Å². The van der Waals surface area contributed by atoms with Gasteiger partial charge in [-0.25, -0.2) is 0 Å². The summed E-state index contributed by atoms with van der Waals surface area (Å²) in [4.78, 5) is 11.0. The Morgan fingerprint density at radius 2 is 2.30 bits per heavy atom. The Balaban J connectivity index is 2.35. The van der Waals surface area contributed by atoms with Crippen molar-refractivity contribution in [2.24, 2.45) is 0 Å². The minimum Gasteiger partial charge on any atom is -0.385 e. The van der Waals surface area contributed by atoms with Crippen molar-refractivity contribution >= 4 is 5.78 Å². The van der Waals surface area contributed by atoms with E-state index in [1.165, 1.54) is 0 Å². The molecule has 0 saturated carbocycles. The maximum atomic E-state index is 11.0. The highest BCUT2D eigenvalue weighted by Gasteiger charge is 2.42. The molecule has 0 aromatic heterocycles. The molecular formula is C7H12O3. The maximum absolute atomic E-state index is 11.0. The van der Waals surface area contributed by atoms with Crippen molar-refractivity contribution < 1.29 is 14.6 Å². The molecule has 0 amide bonds. The Kier molecular flexibility index (Phi) is 2.06. The van der Waals surface area contributed by atoms with E-state index in [0.29, 0.717) is 6.42 Å².